The van der Waals surface area contributed by atoms with Gasteiger partial charge in [0.15, 0.2) is 0 Å². The number of aromatic nitrogens is 1. The Morgan fingerprint density at radius 1 is 1.22 bits per heavy atom. The number of aryl methyl sites for hydroxylation is 1. The molecule has 2 rings (SSSR count). The van der Waals surface area contributed by atoms with Gasteiger partial charge in [-0.25, -0.2) is 4.98 Å². The molecule has 0 aliphatic rings. The van der Waals surface area contributed by atoms with Gasteiger partial charge in [-0.3, -0.25) is 0 Å². The van der Waals surface area contributed by atoms with Crippen LogP contribution in [-0.4, -0.2) is 24.3 Å². The molecule has 0 amide bonds. The summed E-state index contributed by atoms with van der Waals surface area (Å²) in [5, 5.41) is 13.2. The van der Waals surface area contributed by atoms with Gasteiger partial charge in [-0.15, -0.1) is 11.3 Å². The van der Waals surface area contributed by atoms with Crippen molar-refractivity contribution in [2.24, 2.45) is 0 Å². The van der Waals surface area contributed by atoms with E-state index in [0.717, 1.165) is 5.01 Å². The minimum absolute atomic E-state index is 0.590. The third kappa shape index (κ3) is 2.32. The average molecular weight is 265 g/mol. The average Bonchev–Trinajstić information content (AvgIpc) is 2.83. The summed E-state index contributed by atoms with van der Waals surface area (Å²) in [4.78, 5) is 4.30. The number of benzene rings is 1. The smallest absolute Gasteiger partial charge is 0.129 e. The molecule has 1 unspecified atom stereocenters. The zero-order valence-corrected chi connectivity index (χ0v) is 11.3. The predicted molar refractivity (Wildman–Crippen MR) is 70.5 cm³/mol. The molecule has 0 aliphatic carbocycles. The lowest BCUT2D eigenvalue weighted by Crippen LogP contribution is -2.05. The summed E-state index contributed by atoms with van der Waals surface area (Å²) in [5.74, 6) is 1.18. The molecule has 1 atom stereocenters. The first-order valence-electron chi connectivity index (χ1n) is 5.48. The van der Waals surface area contributed by atoms with Crippen molar-refractivity contribution < 1.29 is 14.6 Å². The molecule has 0 radical (unpaired) electrons. The number of rotatable bonds is 4. The van der Waals surface area contributed by atoms with E-state index in [0.29, 0.717) is 22.8 Å². The predicted octanol–water partition coefficient (Wildman–Crippen LogP) is 2.55. The van der Waals surface area contributed by atoms with E-state index in [-0.39, 0.29) is 0 Å². The van der Waals surface area contributed by atoms with Gasteiger partial charge >= 0.3 is 0 Å². The standard InChI is InChI=1S/C13H15NO3S/c1-8-14-9(7-18-8)13(15)12-10(16-2)5-4-6-11(12)17-3/h4-7,13,15H,1-3H3. The minimum atomic E-state index is -0.846. The molecular weight excluding hydrogens is 250 g/mol. The summed E-state index contributed by atoms with van der Waals surface area (Å²) < 4.78 is 10.5. The Morgan fingerprint density at radius 3 is 2.28 bits per heavy atom. The summed E-state index contributed by atoms with van der Waals surface area (Å²) in [6.07, 6.45) is -0.846. The number of hydrogen-bond donors (Lipinski definition) is 1. The highest BCUT2D eigenvalue weighted by atomic mass is 32.1. The lowest BCUT2D eigenvalue weighted by atomic mass is 10.0. The zero-order chi connectivity index (χ0) is 13.1. The van der Waals surface area contributed by atoms with Gasteiger partial charge in [0, 0.05) is 5.38 Å². The van der Waals surface area contributed by atoms with Crippen LogP contribution in [0.5, 0.6) is 11.5 Å². The van der Waals surface area contributed by atoms with E-state index < -0.39 is 6.10 Å². The fraction of sp³-hybridized carbons (Fsp3) is 0.308. The lowest BCUT2D eigenvalue weighted by Gasteiger charge is -2.16. The van der Waals surface area contributed by atoms with E-state index in [1.807, 2.05) is 18.4 Å². The summed E-state index contributed by atoms with van der Waals surface area (Å²) in [5.41, 5.74) is 1.22. The fourth-order valence-corrected chi connectivity index (χ4v) is 2.43. The SMILES string of the molecule is COc1cccc(OC)c1C(O)c1csc(C)n1. The van der Waals surface area contributed by atoms with E-state index in [9.17, 15) is 5.11 Å². The number of nitrogens with zero attached hydrogens (tertiary/aromatic N) is 1. The van der Waals surface area contributed by atoms with Crippen molar-refractivity contribution in [3.63, 3.8) is 0 Å². The van der Waals surface area contributed by atoms with Crippen molar-refractivity contribution in [1.82, 2.24) is 4.98 Å². The van der Waals surface area contributed by atoms with Gasteiger partial charge in [0.2, 0.25) is 0 Å². The van der Waals surface area contributed by atoms with Crippen LogP contribution >= 0.6 is 11.3 Å². The third-order valence-electron chi connectivity index (χ3n) is 2.66. The molecule has 0 bridgehead atoms. The van der Waals surface area contributed by atoms with E-state index in [1.165, 1.54) is 11.3 Å². The quantitative estimate of drug-likeness (QED) is 0.923. The van der Waals surface area contributed by atoms with Crippen LogP contribution in [0, 0.1) is 6.92 Å². The number of hydrogen-bond acceptors (Lipinski definition) is 5. The number of aliphatic hydroxyl groups excluding tert-OH is 1. The Labute approximate surface area is 110 Å². The first-order chi connectivity index (χ1) is 8.67. The molecule has 1 heterocycles. The number of methoxy groups -OCH3 is 2. The van der Waals surface area contributed by atoms with E-state index in [1.54, 1.807) is 26.4 Å². The second-order valence-electron chi connectivity index (χ2n) is 3.77. The van der Waals surface area contributed by atoms with E-state index in [2.05, 4.69) is 4.98 Å². The van der Waals surface area contributed by atoms with Crippen molar-refractivity contribution in [2.75, 3.05) is 14.2 Å². The Morgan fingerprint density at radius 2 is 1.83 bits per heavy atom. The maximum atomic E-state index is 10.4. The fourth-order valence-electron chi connectivity index (χ4n) is 1.80. The molecule has 96 valence electrons. The van der Waals surface area contributed by atoms with Crippen LogP contribution in [0.4, 0.5) is 0 Å². The largest absolute Gasteiger partial charge is 0.496 e. The van der Waals surface area contributed by atoms with E-state index in [4.69, 9.17) is 9.47 Å². The summed E-state index contributed by atoms with van der Waals surface area (Å²) >= 11 is 1.50. The van der Waals surface area contributed by atoms with Crippen molar-refractivity contribution in [3.8, 4) is 11.5 Å². The number of thiazole rings is 1. The molecule has 0 aliphatic heterocycles. The van der Waals surface area contributed by atoms with Crippen LogP contribution in [-0.2, 0) is 0 Å². The highest BCUT2D eigenvalue weighted by Gasteiger charge is 2.22. The molecule has 18 heavy (non-hydrogen) atoms. The van der Waals surface area contributed by atoms with Gasteiger partial charge in [0.1, 0.15) is 17.6 Å². The summed E-state index contributed by atoms with van der Waals surface area (Å²) in [7, 11) is 3.13. The molecular formula is C13H15NO3S. The number of ether oxygens (including phenoxy) is 2. The molecule has 0 saturated carbocycles. The second-order valence-corrected chi connectivity index (χ2v) is 4.83. The summed E-state index contributed by atoms with van der Waals surface area (Å²) in [6.45, 7) is 1.90. The normalized spacial score (nSPS) is 12.2. The van der Waals surface area contributed by atoms with Gasteiger partial charge in [0.05, 0.1) is 30.5 Å². The molecule has 5 heteroatoms. The maximum Gasteiger partial charge on any atom is 0.129 e. The second kappa shape index (κ2) is 5.37. The molecule has 2 aromatic rings. The van der Waals surface area contributed by atoms with Crippen LogP contribution in [0.15, 0.2) is 23.6 Å². The van der Waals surface area contributed by atoms with Crippen LogP contribution in [0.3, 0.4) is 0 Å². The molecule has 0 fully saturated rings. The van der Waals surface area contributed by atoms with Crippen LogP contribution in [0.25, 0.3) is 0 Å². The summed E-state index contributed by atoms with van der Waals surface area (Å²) in [6, 6.07) is 5.40. The Balaban J connectivity index is 2.48. The molecule has 0 saturated heterocycles. The van der Waals surface area contributed by atoms with Crippen molar-refractivity contribution >= 4 is 11.3 Å². The van der Waals surface area contributed by atoms with Crippen LogP contribution in [0.1, 0.15) is 22.4 Å². The Bertz CT molecular complexity index is 517. The first-order valence-corrected chi connectivity index (χ1v) is 6.36. The van der Waals surface area contributed by atoms with Gasteiger partial charge in [-0.2, -0.15) is 0 Å². The maximum absolute atomic E-state index is 10.4. The molecule has 4 nitrogen and oxygen atoms in total. The Hall–Kier alpha value is -1.59. The number of aliphatic hydroxyl groups is 1. The van der Waals surface area contributed by atoms with Gasteiger partial charge < -0.3 is 14.6 Å². The monoisotopic (exact) mass is 265 g/mol. The van der Waals surface area contributed by atoms with E-state index >= 15 is 0 Å². The highest BCUT2D eigenvalue weighted by Crippen LogP contribution is 2.37. The van der Waals surface area contributed by atoms with Crippen molar-refractivity contribution in [1.29, 1.82) is 0 Å². The molecule has 1 aromatic heterocycles. The highest BCUT2D eigenvalue weighted by molar-refractivity contribution is 7.09. The van der Waals surface area contributed by atoms with Gasteiger partial charge in [-0.1, -0.05) is 6.07 Å². The van der Waals surface area contributed by atoms with Gasteiger partial charge in [-0.05, 0) is 19.1 Å². The zero-order valence-electron chi connectivity index (χ0n) is 10.5. The lowest BCUT2D eigenvalue weighted by molar-refractivity contribution is 0.204. The third-order valence-corrected chi connectivity index (χ3v) is 3.45. The van der Waals surface area contributed by atoms with Crippen LogP contribution < -0.4 is 9.47 Å². The van der Waals surface area contributed by atoms with Crippen molar-refractivity contribution in [2.45, 2.75) is 13.0 Å². The van der Waals surface area contributed by atoms with Crippen LogP contribution in [0.2, 0.25) is 0 Å². The Kier molecular flexibility index (Phi) is 3.84. The topological polar surface area (TPSA) is 51.6 Å². The molecule has 1 N–H and O–H groups in total. The minimum Gasteiger partial charge on any atom is -0.496 e. The molecule has 0 spiro atoms. The van der Waals surface area contributed by atoms with Gasteiger partial charge in [0.25, 0.3) is 0 Å². The van der Waals surface area contributed by atoms with Crippen molar-refractivity contribution in [3.05, 3.63) is 39.8 Å². The molecule has 1 aromatic carbocycles. The first kappa shape index (κ1) is 12.9.